The van der Waals surface area contributed by atoms with E-state index in [-0.39, 0.29) is 5.91 Å². The smallest absolute Gasteiger partial charge is 0.254 e. The number of nitrogens with zero attached hydrogens (tertiary/aromatic N) is 2. The predicted octanol–water partition coefficient (Wildman–Crippen LogP) is 2.62. The zero-order valence-electron chi connectivity index (χ0n) is 15.2. The number of hydrogen-bond acceptors (Lipinski definition) is 5. The molecule has 0 atom stereocenters. The molecule has 1 aliphatic heterocycles. The second kappa shape index (κ2) is 8.39. The summed E-state index contributed by atoms with van der Waals surface area (Å²) in [5, 5.41) is 11.8. The quantitative estimate of drug-likeness (QED) is 0.853. The van der Waals surface area contributed by atoms with Gasteiger partial charge in [0.05, 0.1) is 24.3 Å². The fourth-order valence-corrected chi connectivity index (χ4v) is 3.01. The Labute approximate surface area is 158 Å². The highest BCUT2D eigenvalue weighted by atomic mass is 16.5. The molecule has 1 amide bonds. The highest BCUT2D eigenvalue weighted by molar-refractivity contribution is 6.04. The molecular formula is C21H22N4O2. The molecular weight excluding hydrogens is 340 g/mol. The predicted molar refractivity (Wildman–Crippen MR) is 104 cm³/mol. The minimum absolute atomic E-state index is 0.179. The van der Waals surface area contributed by atoms with Crippen LogP contribution in [0.25, 0.3) is 0 Å². The van der Waals surface area contributed by atoms with Gasteiger partial charge >= 0.3 is 0 Å². The number of rotatable bonds is 5. The normalized spacial score (nSPS) is 14.5. The Morgan fingerprint density at radius 1 is 1.22 bits per heavy atom. The molecule has 0 aliphatic carbocycles. The van der Waals surface area contributed by atoms with Crippen molar-refractivity contribution in [2.45, 2.75) is 13.0 Å². The fraction of sp³-hybridized carbons (Fsp3) is 0.238. The van der Waals surface area contributed by atoms with Crippen LogP contribution in [0.3, 0.4) is 0 Å². The Bertz CT molecular complexity index is 880. The average Bonchev–Trinajstić information content (AvgIpc) is 2.70. The molecule has 0 bridgehead atoms. The van der Waals surface area contributed by atoms with Gasteiger partial charge in [-0.3, -0.25) is 9.69 Å². The summed E-state index contributed by atoms with van der Waals surface area (Å²) >= 11 is 0. The van der Waals surface area contributed by atoms with Gasteiger partial charge in [0.15, 0.2) is 0 Å². The monoisotopic (exact) mass is 362 g/mol. The van der Waals surface area contributed by atoms with E-state index >= 15 is 0 Å². The molecule has 1 heterocycles. The standard InChI is InChI=1S/C21H22N4O2/c1-27-18-8-6-17(7-9-18)24-21(26)19-14-25(11-10-20(19)23)13-16-4-2-15(12-22)3-5-16/h2-9H,10-11,13-14,23H2,1H3,(H,24,26). The number of anilines is 1. The Balaban J connectivity index is 1.65. The van der Waals surface area contributed by atoms with Gasteiger partial charge in [0.1, 0.15) is 5.75 Å². The number of carbonyl (C=O) groups is 1. The number of benzene rings is 2. The summed E-state index contributed by atoms with van der Waals surface area (Å²) in [5.41, 5.74) is 9.79. The third-order valence-corrected chi connectivity index (χ3v) is 4.58. The van der Waals surface area contributed by atoms with E-state index in [4.69, 9.17) is 15.7 Å². The lowest BCUT2D eigenvalue weighted by Gasteiger charge is -2.29. The van der Waals surface area contributed by atoms with E-state index in [0.717, 1.165) is 17.9 Å². The zero-order valence-corrected chi connectivity index (χ0v) is 15.2. The molecule has 6 heteroatoms. The van der Waals surface area contributed by atoms with E-state index in [1.54, 1.807) is 43.5 Å². The molecule has 138 valence electrons. The van der Waals surface area contributed by atoms with Crippen LogP contribution in [-0.4, -0.2) is 31.0 Å². The second-order valence-corrected chi connectivity index (χ2v) is 6.46. The van der Waals surface area contributed by atoms with Crippen LogP contribution in [-0.2, 0) is 11.3 Å². The molecule has 0 saturated heterocycles. The first-order chi connectivity index (χ1) is 13.1. The molecule has 0 unspecified atom stereocenters. The molecule has 3 rings (SSSR count). The summed E-state index contributed by atoms with van der Waals surface area (Å²) in [4.78, 5) is 14.9. The molecule has 0 radical (unpaired) electrons. The van der Waals surface area contributed by atoms with Crippen LogP contribution in [0.2, 0.25) is 0 Å². The van der Waals surface area contributed by atoms with Crippen molar-refractivity contribution < 1.29 is 9.53 Å². The lowest BCUT2D eigenvalue weighted by atomic mass is 10.0. The van der Waals surface area contributed by atoms with E-state index in [2.05, 4.69) is 16.3 Å². The third-order valence-electron chi connectivity index (χ3n) is 4.58. The zero-order chi connectivity index (χ0) is 19.2. The van der Waals surface area contributed by atoms with Gasteiger partial charge in [0.25, 0.3) is 5.91 Å². The van der Waals surface area contributed by atoms with Crippen molar-refractivity contribution in [3.8, 4) is 11.8 Å². The van der Waals surface area contributed by atoms with Crippen molar-refractivity contribution in [3.63, 3.8) is 0 Å². The van der Waals surface area contributed by atoms with Gasteiger partial charge in [0.2, 0.25) is 0 Å². The molecule has 0 spiro atoms. The van der Waals surface area contributed by atoms with Gasteiger partial charge in [0, 0.05) is 37.4 Å². The summed E-state index contributed by atoms with van der Waals surface area (Å²) < 4.78 is 5.13. The van der Waals surface area contributed by atoms with Crippen LogP contribution in [0, 0.1) is 11.3 Å². The average molecular weight is 362 g/mol. The topological polar surface area (TPSA) is 91.4 Å². The lowest BCUT2D eigenvalue weighted by Crippen LogP contribution is -2.37. The second-order valence-electron chi connectivity index (χ2n) is 6.46. The van der Waals surface area contributed by atoms with E-state index < -0.39 is 0 Å². The van der Waals surface area contributed by atoms with Gasteiger partial charge < -0.3 is 15.8 Å². The van der Waals surface area contributed by atoms with Crippen molar-refractivity contribution in [2.24, 2.45) is 5.73 Å². The molecule has 2 aromatic carbocycles. The summed E-state index contributed by atoms with van der Waals surface area (Å²) in [6.07, 6.45) is 0.654. The minimum Gasteiger partial charge on any atom is -0.497 e. The largest absolute Gasteiger partial charge is 0.497 e. The van der Waals surface area contributed by atoms with Crippen molar-refractivity contribution in [2.75, 3.05) is 25.5 Å². The molecule has 0 saturated carbocycles. The summed E-state index contributed by atoms with van der Waals surface area (Å²) in [6, 6.07) is 16.8. The SMILES string of the molecule is COc1ccc(NC(=O)C2=C(N)CCN(Cc3ccc(C#N)cc3)C2)cc1. The molecule has 1 aliphatic rings. The first-order valence-corrected chi connectivity index (χ1v) is 8.73. The van der Waals surface area contributed by atoms with Crippen molar-refractivity contribution in [1.29, 1.82) is 5.26 Å². The van der Waals surface area contributed by atoms with Crippen LogP contribution < -0.4 is 15.8 Å². The van der Waals surface area contributed by atoms with Crippen LogP contribution in [0.5, 0.6) is 5.75 Å². The summed E-state index contributed by atoms with van der Waals surface area (Å²) in [6.45, 7) is 2.00. The highest BCUT2D eigenvalue weighted by Gasteiger charge is 2.22. The van der Waals surface area contributed by atoms with Gasteiger partial charge in [-0.25, -0.2) is 0 Å². The summed E-state index contributed by atoms with van der Waals surface area (Å²) in [7, 11) is 1.60. The van der Waals surface area contributed by atoms with Crippen molar-refractivity contribution >= 4 is 11.6 Å². The number of nitrogens with one attached hydrogen (secondary N) is 1. The van der Waals surface area contributed by atoms with Crippen LogP contribution in [0.4, 0.5) is 5.69 Å². The maximum Gasteiger partial charge on any atom is 0.254 e. The van der Waals surface area contributed by atoms with Gasteiger partial charge in [-0.2, -0.15) is 5.26 Å². The highest BCUT2D eigenvalue weighted by Crippen LogP contribution is 2.20. The van der Waals surface area contributed by atoms with Crippen molar-refractivity contribution in [1.82, 2.24) is 4.90 Å². The van der Waals surface area contributed by atoms with E-state index in [1.807, 2.05) is 12.1 Å². The molecule has 0 aromatic heterocycles. The number of hydrogen-bond donors (Lipinski definition) is 2. The Morgan fingerprint density at radius 3 is 2.56 bits per heavy atom. The number of nitrogens with two attached hydrogens (primary N) is 1. The third kappa shape index (κ3) is 4.66. The van der Waals surface area contributed by atoms with E-state index in [9.17, 15) is 4.79 Å². The maximum atomic E-state index is 12.7. The molecule has 27 heavy (non-hydrogen) atoms. The Hall–Kier alpha value is -3.30. The van der Waals surface area contributed by atoms with Crippen LogP contribution in [0.15, 0.2) is 59.8 Å². The lowest BCUT2D eigenvalue weighted by molar-refractivity contribution is -0.113. The molecule has 2 aromatic rings. The minimum atomic E-state index is -0.179. The fourth-order valence-electron chi connectivity index (χ4n) is 3.01. The van der Waals surface area contributed by atoms with Gasteiger partial charge in [-0.1, -0.05) is 12.1 Å². The Morgan fingerprint density at radius 2 is 1.93 bits per heavy atom. The number of carbonyl (C=O) groups excluding carboxylic acids is 1. The maximum absolute atomic E-state index is 12.7. The number of methoxy groups -OCH3 is 1. The van der Waals surface area contributed by atoms with E-state index in [1.165, 1.54) is 0 Å². The van der Waals surface area contributed by atoms with Gasteiger partial charge in [-0.05, 0) is 42.0 Å². The number of nitriles is 1. The molecule has 0 fully saturated rings. The first kappa shape index (κ1) is 18.5. The van der Waals surface area contributed by atoms with Crippen LogP contribution in [0.1, 0.15) is 17.5 Å². The Kier molecular flexibility index (Phi) is 5.74. The van der Waals surface area contributed by atoms with Crippen molar-refractivity contribution in [3.05, 3.63) is 70.9 Å². The summed E-state index contributed by atoms with van der Waals surface area (Å²) in [5.74, 6) is 0.556. The van der Waals surface area contributed by atoms with E-state index in [0.29, 0.717) is 42.0 Å². The first-order valence-electron chi connectivity index (χ1n) is 8.73. The van der Waals surface area contributed by atoms with Crippen LogP contribution >= 0.6 is 0 Å². The molecule has 3 N–H and O–H groups in total. The number of ether oxygens (including phenoxy) is 1. The van der Waals surface area contributed by atoms with Gasteiger partial charge in [-0.15, -0.1) is 0 Å². The molecule has 6 nitrogen and oxygen atoms in total. The number of amides is 1.